The molecule has 0 aliphatic heterocycles. The van der Waals surface area contributed by atoms with Crippen LogP contribution >= 0.6 is 0 Å². The summed E-state index contributed by atoms with van der Waals surface area (Å²) < 4.78 is 5.00. The van der Waals surface area contributed by atoms with E-state index in [0.717, 1.165) is 19.4 Å². The van der Waals surface area contributed by atoms with Crippen LogP contribution in [0.4, 0.5) is 0 Å². The molecule has 3 nitrogen and oxygen atoms in total. The highest BCUT2D eigenvalue weighted by molar-refractivity contribution is 5.75. The SMILES string of the molecule is CCCCNCOC(=O)C(C)(C)C. The van der Waals surface area contributed by atoms with E-state index >= 15 is 0 Å². The third-order valence-corrected chi connectivity index (χ3v) is 1.62. The van der Waals surface area contributed by atoms with Gasteiger partial charge in [-0.3, -0.25) is 10.1 Å². The van der Waals surface area contributed by atoms with Crippen molar-refractivity contribution in [3.05, 3.63) is 0 Å². The van der Waals surface area contributed by atoms with Gasteiger partial charge in [0, 0.05) is 0 Å². The van der Waals surface area contributed by atoms with Crippen LogP contribution in [0.3, 0.4) is 0 Å². The van der Waals surface area contributed by atoms with E-state index in [1.165, 1.54) is 0 Å². The van der Waals surface area contributed by atoms with E-state index in [4.69, 9.17) is 4.74 Å². The predicted octanol–water partition coefficient (Wildman–Crippen LogP) is 1.92. The van der Waals surface area contributed by atoms with Gasteiger partial charge in [-0.05, 0) is 33.7 Å². The van der Waals surface area contributed by atoms with Crippen molar-refractivity contribution in [3.63, 3.8) is 0 Å². The molecule has 0 aromatic rings. The molecule has 0 spiro atoms. The fourth-order valence-corrected chi connectivity index (χ4v) is 0.707. The minimum atomic E-state index is -0.396. The van der Waals surface area contributed by atoms with Crippen molar-refractivity contribution in [1.82, 2.24) is 5.32 Å². The molecule has 13 heavy (non-hydrogen) atoms. The van der Waals surface area contributed by atoms with Crippen LogP contribution in [0, 0.1) is 5.41 Å². The van der Waals surface area contributed by atoms with Crippen LogP contribution in [-0.2, 0) is 9.53 Å². The van der Waals surface area contributed by atoms with E-state index in [0.29, 0.717) is 6.73 Å². The molecular formula is C10H21NO2. The minimum absolute atomic E-state index is 0.156. The molecule has 0 amide bonds. The molecule has 0 saturated heterocycles. The number of hydrogen-bond donors (Lipinski definition) is 1. The lowest BCUT2D eigenvalue weighted by Gasteiger charge is -2.16. The number of rotatable bonds is 5. The lowest BCUT2D eigenvalue weighted by Crippen LogP contribution is -2.28. The van der Waals surface area contributed by atoms with Crippen molar-refractivity contribution >= 4 is 5.97 Å². The molecule has 0 rings (SSSR count). The first-order valence-electron chi connectivity index (χ1n) is 4.86. The Morgan fingerprint density at radius 2 is 2.00 bits per heavy atom. The quantitative estimate of drug-likeness (QED) is 0.406. The maximum absolute atomic E-state index is 11.2. The molecule has 0 fully saturated rings. The predicted molar refractivity (Wildman–Crippen MR) is 53.3 cm³/mol. The molecule has 3 heteroatoms. The summed E-state index contributed by atoms with van der Waals surface area (Å²) in [7, 11) is 0. The molecule has 0 radical (unpaired) electrons. The number of esters is 1. The Hall–Kier alpha value is -0.570. The van der Waals surface area contributed by atoms with Gasteiger partial charge in [0.15, 0.2) is 0 Å². The van der Waals surface area contributed by atoms with Gasteiger partial charge in [-0.25, -0.2) is 0 Å². The number of carbonyl (C=O) groups is 1. The summed E-state index contributed by atoms with van der Waals surface area (Å²) in [6.45, 7) is 8.91. The summed E-state index contributed by atoms with van der Waals surface area (Å²) >= 11 is 0. The Labute approximate surface area is 80.8 Å². The first kappa shape index (κ1) is 12.4. The lowest BCUT2D eigenvalue weighted by atomic mass is 9.98. The lowest BCUT2D eigenvalue weighted by molar-refractivity contribution is -0.153. The Morgan fingerprint density at radius 1 is 1.38 bits per heavy atom. The Balaban J connectivity index is 3.38. The fourth-order valence-electron chi connectivity index (χ4n) is 0.707. The second-order valence-electron chi connectivity index (χ2n) is 4.18. The van der Waals surface area contributed by atoms with Gasteiger partial charge in [0.05, 0.1) is 5.41 Å². The van der Waals surface area contributed by atoms with Crippen LogP contribution in [0.15, 0.2) is 0 Å². The van der Waals surface area contributed by atoms with Crippen molar-refractivity contribution in [2.45, 2.75) is 40.5 Å². The van der Waals surface area contributed by atoms with Gasteiger partial charge in [0.1, 0.15) is 6.73 Å². The number of nitrogens with one attached hydrogen (secondary N) is 1. The molecular weight excluding hydrogens is 166 g/mol. The standard InChI is InChI=1S/C10H21NO2/c1-5-6-7-11-8-13-9(12)10(2,3)4/h11H,5-8H2,1-4H3. The smallest absolute Gasteiger partial charge is 0.312 e. The number of ether oxygens (including phenoxy) is 1. The van der Waals surface area contributed by atoms with Crippen LogP contribution in [0.5, 0.6) is 0 Å². The molecule has 0 heterocycles. The van der Waals surface area contributed by atoms with E-state index in [-0.39, 0.29) is 5.97 Å². The van der Waals surface area contributed by atoms with E-state index < -0.39 is 5.41 Å². The van der Waals surface area contributed by atoms with Gasteiger partial charge in [0.25, 0.3) is 0 Å². The van der Waals surface area contributed by atoms with E-state index in [9.17, 15) is 4.79 Å². The maximum atomic E-state index is 11.2. The molecule has 1 N–H and O–H groups in total. The summed E-state index contributed by atoms with van der Waals surface area (Å²) in [6, 6.07) is 0. The third-order valence-electron chi connectivity index (χ3n) is 1.62. The van der Waals surface area contributed by atoms with Crippen molar-refractivity contribution in [2.75, 3.05) is 13.3 Å². The second kappa shape index (κ2) is 5.97. The van der Waals surface area contributed by atoms with E-state index in [1.54, 1.807) is 0 Å². The van der Waals surface area contributed by atoms with Crippen LogP contribution < -0.4 is 5.32 Å². The zero-order valence-corrected chi connectivity index (χ0v) is 9.14. The van der Waals surface area contributed by atoms with Crippen molar-refractivity contribution < 1.29 is 9.53 Å². The summed E-state index contributed by atoms with van der Waals surface area (Å²) in [4.78, 5) is 11.2. The molecule has 0 unspecified atom stereocenters. The summed E-state index contributed by atoms with van der Waals surface area (Å²) in [6.07, 6.45) is 2.27. The van der Waals surface area contributed by atoms with Crippen LogP contribution in [0.25, 0.3) is 0 Å². The first-order chi connectivity index (χ1) is 5.98. The topological polar surface area (TPSA) is 38.3 Å². The normalized spacial score (nSPS) is 11.4. The van der Waals surface area contributed by atoms with Crippen LogP contribution in [0.2, 0.25) is 0 Å². The molecule has 0 atom stereocenters. The van der Waals surface area contributed by atoms with E-state index in [1.807, 2.05) is 20.8 Å². The number of carbonyl (C=O) groups excluding carboxylic acids is 1. The van der Waals surface area contributed by atoms with Crippen LogP contribution in [-0.4, -0.2) is 19.2 Å². The van der Waals surface area contributed by atoms with Gasteiger partial charge in [-0.15, -0.1) is 0 Å². The van der Waals surface area contributed by atoms with Gasteiger partial charge >= 0.3 is 5.97 Å². The Kier molecular flexibility index (Phi) is 5.71. The van der Waals surface area contributed by atoms with Crippen LogP contribution in [0.1, 0.15) is 40.5 Å². The molecule has 78 valence electrons. The highest BCUT2D eigenvalue weighted by atomic mass is 16.5. The van der Waals surface area contributed by atoms with Gasteiger partial charge in [-0.1, -0.05) is 13.3 Å². The molecule has 0 bridgehead atoms. The van der Waals surface area contributed by atoms with E-state index in [2.05, 4.69) is 12.2 Å². The third kappa shape index (κ3) is 6.58. The maximum Gasteiger partial charge on any atom is 0.312 e. The molecule has 0 aliphatic rings. The monoisotopic (exact) mass is 187 g/mol. The van der Waals surface area contributed by atoms with Crippen molar-refractivity contribution in [3.8, 4) is 0 Å². The van der Waals surface area contributed by atoms with Gasteiger partial charge in [-0.2, -0.15) is 0 Å². The summed E-state index contributed by atoms with van der Waals surface area (Å²) in [5.41, 5.74) is -0.396. The van der Waals surface area contributed by atoms with Gasteiger partial charge < -0.3 is 4.74 Å². The largest absolute Gasteiger partial charge is 0.449 e. The molecule has 0 aromatic carbocycles. The zero-order chi connectivity index (χ0) is 10.3. The highest BCUT2D eigenvalue weighted by Crippen LogP contribution is 2.14. The second-order valence-corrected chi connectivity index (χ2v) is 4.18. The zero-order valence-electron chi connectivity index (χ0n) is 9.14. The number of hydrogen-bond acceptors (Lipinski definition) is 3. The van der Waals surface area contributed by atoms with Gasteiger partial charge in [0.2, 0.25) is 0 Å². The highest BCUT2D eigenvalue weighted by Gasteiger charge is 2.22. The molecule has 0 aromatic heterocycles. The Bertz CT molecular complexity index is 149. The fraction of sp³-hybridized carbons (Fsp3) is 0.900. The minimum Gasteiger partial charge on any atom is -0.449 e. The average molecular weight is 187 g/mol. The van der Waals surface area contributed by atoms with Crippen molar-refractivity contribution in [2.24, 2.45) is 5.41 Å². The van der Waals surface area contributed by atoms with Crippen molar-refractivity contribution in [1.29, 1.82) is 0 Å². The first-order valence-corrected chi connectivity index (χ1v) is 4.86. The number of unbranched alkanes of at least 4 members (excludes halogenated alkanes) is 1. The Morgan fingerprint density at radius 3 is 2.46 bits per heavy atom. The molecule has 0 aliphatic carbocycles. The average Bonchev–Trinajstić information content (AvgIpc) is 2.02. The summed E-state index contributed by atoms with van der Waals surface area (Å²) in [5.74, 6) is -0.156. The molecule has 0 saturated carbocycles. The summed E-state index contributed by atoms with van der Waals surface area (Å²) in [5, 5.41) is 3.05.